The normalized spacial score (nSPS) is 11.6. The minimum Gasteiger partial charge on any atom is -0.453 e. The molecule has 2 aromatic carbocycles. The molecule has 0 fully saturated rings. The minimum absolute atomic E-state index is 0.0178. The van der Waals surface area contributed by atoms with Crippen LogP contribution in [-0.2, 0) is 23.5 Å². The predicted molar refractivity (Wildman–Crippen MR) is 137 cm³/mol. The number of aliphatic hydroxyl groups is 1. The Labute approximate surface area is 221 Å². The standard InChI is InChI=1S/C26H25N7O6/c1-14-19(39-25(35)38-14)13-37-23(34)20-21(26(2,3)36)28-24(27)33(20)12-15-8-10-16(11-9-15)17-6-4-5-7-18(17)22-29-31-32-30-22/h4-11,36H,12-13H2,1-3H3,(H2,27,28)(H,29,30,31,32). The highest BCUT2D eigenvalue weighted by Gasteiger charge is 2.32. The number of tetrazole rings is 1. The fourth-order valence-electron chi connectivity index (χ4n) is 4.16. The predicted octanol–water partition coefficient (Wildman–Crippen LogP) is 2.80. The van der Waals surface area contributed by atoms with Crippen molar-refractivity contribution < 1.29 is 23.5 Å². The van der Waals surface area contributed by atoms with Gasteiger partial charge in [-0.25, -0.2) is 19.7 Å². The Kier molecular flexibility index (Phi) is 6.58. The number of nitrogens with two attached hydrogens (primary N) is 1. The van der Waals surface area contributed by atoms with Gasteiger partial charge in [0.05, 0.1) is 6.54 Å². The summed E-state index contributed by atoms with van der Waals surface area (Å²) < 4.78 is 16.6. The Balaban J connectivity index is 1.44. The molecule has 0 aliphatic heterocycles. The second-order valence-electron chi connectivity index (χ2n) is 9.31. The number of nitrogens with one attached hydrogen (secondary N) is 1. The van der Waals surface area contributed by atoms with Crippen molar-refractivity contribution in [1.29, 1.82) is 0 Å². The van der Waals surface area contributed by atoms with Crippen LogP contribution in [0.15, 0.2) is 62.2 Å². The number of nitrogens with zero attached hydrogens (tertiary/aromatic N) is 5. The van der Waals surface area contributed by atoms with Crippen molar-refractivity contribution in [3.8, 4) is 22.5 Å². The molecule has 3 heterocycles. The maximum atomic E-state index is 13.2. The first-order valence-corrected chi connectivity index (χ1v) is 11.9. The number of H-pyrrole nitrogens is 1. The Hall–Kier alpha value is -5.04. The van der Waals surface area contributed by atoms with Crippen molar-refractivity contribution in [2.24, 2.45) is 0 Å². The SMILES string of the molecule is Cc1oc(=O)oc1COC(=O)c1c(C(C)(C)O)nc(N)n1Cc1ccc(-c2ccccc2-c2nnn[nH]2)cc1. The number of aromatic amines is 1. The zero-order valence-electron chi connectivity index (χ0n) is 21.3. The van der Waals surface area contributed by atoms with Crippen LogP contribution in [0.2, 0.25) is 0 Å². The summed E-state index contributed by atoms with van der Waals surface area (Å²) in [5.74, 6) is -0.844. The number of ether oxygens (including phenoxy) is 1. The highest BCUT2D eigenvalue weighted by Crippen LogP contribution is 2.31. The van der Waals surface area contributed by atoms with Gasteiger partial charge in [0.1, 0.15) is 11.3 Å². The molecule has 0 radical (unpaired) electrons. The maximum absolute atomic E-state index is 13.2. The van der Waals surface area contributed by atoms with Gasteiger partial charge < -0.3 is 29.0 Å². The fourth-order valence-corrected chi connectivity index (χ4v) is 4.16. The molecule has 39 heavy (non-hydrogen) atoms. The molecule has 0 unspecified atom stereocenters. The molecule has 13 heteroatoms. The quantitative estimate of drug-likeness (QED) is 0.250. The Morgan fingerprint density at radius 2 is 1.85 bits per heavy atom. The number of hydrogen-bond acceptors (Lipinski definition) is 11. The van der Waals surface area contributed by atoms with Gasteiger partial charge in [-0.15, -0.1) is 5.10 Å². The van der Waals surface area contributed by atoms with E-state index < -0.39 is 17.4 Å². The number of aromatic nitrogens is 6. The largest absolute Gasteiger partial charge is 0.519 e. The number of rotatable bonds is 8. The molecule has 0 aliphatic carbocycles. The monoisotopic (exact) mass is 531 g/mol. The lowest BCUT2D eigenvalue weighted by molar-refractivity contribution is 0.0395. The average Bonchev–Trinajstić information content (AvgIpc) is 3.63. The van der Waals surface area contributed by atoms with Gasteiger partial charge in [-0.1, -0.05) is 48.5 Å². The summed E-state index contributed by atoms with van der Waals surface area (Å²) >= 11 is 0. The van der Waals surface area contributed by atoms with Gasteiger partial charge >= 0.3 is 11.8 Å². The van der Waals surface area contributed by atoms with E-state index in [1.165, 1.54) is 25.3 Å². The molecular weight excluding hydrogens is 506 g/mol. The van der Waals surface area contributed by atoms with Gasteiger partial charge in [-0.3, -0.25) is 0 Å². The zero-order chi connectivity index (χ0) is 27.7. The highest BCUT2D eigenvalue weighted by atomic mass is 16.6. The number of imidazole rings is 1. The Morgan fingerprint density at radius 1 is 1.13 bits per heavy atom. The molecule has 5 rings (SSSR count). The third kappa shape index (κ3) is 5.20. The molecule has 0 aliphatic rings. The second kappa shape index (κ2) is 10.0. The van der Waals surface area contributed by atoms with E-state index in [1.807, 2.05) is 48.5 Å². The first-order chi connectivity index (χ1) is 18.6. The van der Waals surface area contributed by atoms with Crippen LogP contribution in [0.4, 0.5) is 5.95 Å². The molecule has 5 aromatic rings. The average molecular weight is 532 g/mol. The Bertz CT molecular complexity index is 1680. The van der Waals surface area contributed by atoms with E-state index in [1.54, 1.807) is 0 Å². The van der Waals surface area contributed by atoms with E-state index in [4.69, 9.17) is 19.3 Å². The molecule has 0 atom stereocenters. The number of esters is 1. The molecule has 200 valence electrons. The highest BCUT2D eigenvalue weighted by molar-refractivity contribution is 5.90. The lowest BCUT2D eigenvalue weighted by Crippen LogP contribution is -2.23. The zero-order valence-corrected chi connectivity index (χ0v) is 21.3. The van der Waals surface area contributed by atoms with Crippen LogP contribution in [0.1, 0.15) is 47.1 Å². The van der Waals surface area contributed by atoms with E-state index in [9.17, 15) is 14.7 Å². The summed E-state index contributed by atoms with van der Waals surface area (Å²) in [7, 11) is 0. The molecule has 4 N–H and O–H groups in total. The Morgan fingerprint density at radius 3 is 2.46 bits per heavy atom. The summed E-state index contributed by atoms with van der Waals surface area (Å²) in [6.07, 6.45) is 0. The number of carbonyl (C=O) groups is 1. The van der Waals surface area contributed by atoms with Crippen molar-refractivity contribution in [3.05, 3.63) is 87.6 Å². The van der Waals surface area contributed by atoms with Gasteiger partial charge in [0.25, 0.3) is 0 Å². The number of nitrogen functional groups attached to an aromatic ring is 1. The van der Waals surface area contributed by atoms with Gasteiger partial charge in [-0.05, 0) is 47.9 Å². The van der Waals surface area contributed by atoms with Crippen molar-refractivity contribution in [3.63, 3.8) is 0 Å². The number of hydrogen-bond donors (Lipinski definition) is 3. The maximum Gasteiger partial charge on any atom is 0.519 e. The third-order valence-corrected chi connectivity index (χ3v) is 6.07. The van der Waals surface area contributed by atoms with E-state index in [2.05, 4.69) is 25.6 Å². The van der Waals surface area contributed by atoms with Gasteiger partial charge in [-0.2, -0.15) is 0 Å². The topological polar surface area (TPSA) is 188 Å². The van der Waals surface area contributed by atoms with Gasteiger partial charge in [0, 0.05) is 5.56 Å². The molecular formula is C26H25N7O6. The lowest BCUT2D eigenvalue weighted by Gasteiger charge is -2.17. The van der Waals surface area contributed by atoms with Crippen LogP contribution in [-0.4, -0.2) is 41.3 Å². The van der Waals surface area contributed by atoms with E-state index in [0.717, 1.165) is 22.3 Å². The first kappa shape index (κ1) is 25.6. The first-order valence-electron chi connectivity index (χ1n) is 11.9. The van der Waals surface area contributed by atoms with Crippen molar-refractivity contribution >= 4 is 11.9 Å². The fraction of sp³-hybridized carbons (Fsp3) is 0.231. The number of benzene rings is 2. The van der Waals surface area contributed by atoms with Crippen molar-refractivity contribution in [2.75, 3.05) is 5.73 Å². The van der Waals surface area contributed by atoms with E-state index in [-0.39, 0.29) is 42.0 Å². The second-order valence-corrected chi connectivity index (χ2v) is 9.31. The van der Waals surface area contributed by atoms with Crippen LogP contribution < -0.4 is 11.6 Å². The number of aryl methyl sites for hydroxylation is 1. The van der Waals surface area contributed by atoms with Crippen molar-refractivity contribution in [2.45, 2.75) is 39.5 Å². The summed E-state index contributed by atoms with van der Waals surface area (Å²) in [4.78, 5) is 28.8. The van der Waals surface area contributed by atoms with Gasteiger partial charge in [0.2, 0.25) is 5.95 Å². The van der Waals surface area contributed by atoms with Crippen LogP contribution >= 0.6 is 0 Å². The molecule has 0 amide bonds. The summed E-state index contributed by atoms with van der Waals surface area (Å²) in [5.41, 5.74) is 8.26. The van der Waals surface area contributed by atoms with Crippen LogP contribution in [0.3, 0.4) is 0 Å². The van der Waals surface area contributed by atoms with Crippen LogP contribution in [0.5, 0.6) is 0 Å². The van der Waals surface area contributed by atoms with Crippen LogP contribution in [0.25, 0.3) is 22.5 Å². The summed E-state index contributed by atoms with van der Waals surface area (Å²) in [6.45, 7) is 4.33. The summed E-state index contributed by atoms with van der Waals surface area (Å²) in [5, 5.41) is 24.8. The van der Waals surface area contributed by atoms with Crippen LogP contribution in [0, 0.1) is 6.92 Å². The minimum atomic E-state index is -1.49. The van der Waals surface area contributed by atoms with E-state index >= 15 is 0 Å². The number of carbonyl (C=O) groups excluding carboxylic acids is 1. The molecule has 13 nitrogen and oxygen atoms in total. The smallest absolute Gasteiger partial charge is 0.453 e. The molecule has 0 spiro atoms. The molecule has 0 saturated carbocycles. The van der Waals surface area contributed by atoms with E-state index in [0.29, 0.717) is 5.82 Å². The summed E-state index contributed by atoms with van der Waals surface area (Å²) in [6, 6.07) is 15.4. The lowest BCUT2D eigenvalue weighted by atomic mass is 9.98. The molecule has 0 bridgehead atoms. The number of anilines is 1. The van der Waals surface area contributed by atoms with Crippen molar-refractivity contribution in [1.82, 2.24) is 30.2 Å². The molecule has 0 saturated heterocycles. The third-order valence-electron chi connectivity index (χ3n) is 6.07. The molecule has 3 aromatic heterocycles. The van der Waals surface area contributed by atoms with Gasteiger partial charge in [0.15, 0.2) is 29.6 Å².